The monoisotopic (exact) mass is 382 g/mol. The smallest absolute Gasteiger partial charge is 0.416 e. The fourth-order valence-electron chi connectivity index (χ4n) is 3.28. The molecule has 1 aliphatic rings. The lowest BCUT2D eigenvalue weighted by atomic mass is 10.0. The van der Waals surface area contributed by atoms with E-state index in [-0.39, 0.29) is 17.9 Å². The molecule has 0 N–H and O–H groups in total. The van der Waals surface area contributed by atoms with Crippen LogP contribution in [0, 0.1) is 6.92 Å². The van der Waals surface area contributed by atoms with Gasteiger partial charge in [-0.05, 0) is 50.6 Å². The first kappa shape index (κ1) is 19.4. The van der Waals surface area contributed by atoms with Crippen LogP contribution >= 0.6 is 0 Å². The number of likely N-dealkylation sites (tertiary alicyclic amines) is 1. The molecular weight excluding hydrogens is 361 g/mol. The van der Waals surface area contributed by atoms with Gasteiger partial charge < -0.3 is 9.15 Å². The number of alkyl halides is 3. The maximum Gasteiger partial charge on any atom is 0.416 e. The molecule has 1 saturated heterocycles. The Morgan fingerprint density at radius 1 is 1.30 bits per heavy atom. The number of aryl methyl sites for hydroxylation is 1. The molecule has 2 aromatic rings. The quantitative estimate of drug-likeness (QED) is 0.742. The minimum atomic E-state index is -4.38. The first-order valence-electron chi connectivity index (χ1n) is 8.75. The Labute approximate surface area is 155 Å². The summed E-state index contributed by atoms with van der Waals surface area (Å²) in [7, 11) is 1.37. The maximum atomic E-state index is 12.7. The van der Waals surface area contributed by atoms with E-state index in [1.54, 1.807) is 6.92 Å². The number of halogens is 3. The fourth-order valence-corrected chi connectivity index (χ4v) is 3.28. The number of aromatic nitrogens is 1. The van der Waals surface area contributed by atoms with E-state index < -0.39 is 11.7 Å². The van der Waals surface area contributed by atoms with Gasteiger partial charge in [0.2, 0.25) is 5.89 Å². The number of hydrogen-bond donors (Lipinski definition) is 0. The topological polar surface area (TPSA) is 55.6 Å². The molecule has 3 rings (SSSR count). The van der Waals surface area contributed by atoms with Gasteiger partial charge in [0.05, 0.1) is 18.4 Å². The summed E-state index contributed by atoms with van der Waals surface area (Å²) in [5.74, 6) is 0.584. The van der Waals surface area contributed by atoms with Crippen LogP contribution in [0.25, 0.3) is 11.5 Å². The largest absolute Gasteiger partial charge is 0.468 e. The maximum absolute atomic E-state index is 12.7. The molecule has 0 saturated carbocycles. The SMILES string of the molecule is COC(=O)[C@H]1CCCCN1Cc1nc(-c2ccc(C(F)(F)F)cc2)oc1C. The fraction of sp³-hybridized carbons (Fsp3) is 0.474. The van der Waals surface area contributed by atoms with Crippen molar-refractivity contribution in [3.05, 3.63) is 41.3 Å². The van der Waals surface area contributed by atoms with E-state index in [1.807, 2.05) is 4.90 Å². The van der Waals surface area contributed by atoms with E-state index >= 15 is 0 Å². The van der Waals surface area contributed by atoms with E-state index in [1.165, 1.54) is 19.2 Å². The number of esters is 1. The summed E-state index contributed by atoms with van der Waals surface area (Å²) in [6.45, 7) is 2.93. The third kappa shape index (κ3) is 4.32. The van der Waals surface area contributed by atoms with E-state index in [0.717, 1.165) is 37.9 Å². The molecule has 0 spiro atoms. The molecule has 0 radical (unpaired) electrons. The highest BCUT2D eigenvalue weighted by Gasteiger charge is 2.31. The van der Waals surface area contributed by atoms with Crippen LogP contribution in [-0.2, 0) is 22.3 Å². The van der Waals surface area contributed by atoms with E-state index in [2.05, 4.69) is 4.98 Å². The molecule has 1 aliphatic heterocycles. The van der Waals surface area contributed by atoms with Gasteiger partial charge in [0, 0.05) is 12.1 Å². The second-order valence-corrected chi connectivity index (χ2v) is 6.60. The first-order chi connectivity index (χ1) is 12.8. The third-order valence-corrected chi connectivity index (χ3v) is 4.79. The molecule has 0 bridgehead atoms. The van der Waals surface area contributed by atoms with Crippen molar-refractivity contribution in [2.24, 2.45) is 0 Å². The zero-order valence-corrected chi connectivity index (χ0v) is 15.2. The van der Waals surface area contributed by atoms with Crippen molar-refractivity contribution in [1.29, 1.82) is 0 Å². The van der Waals surface area contributed by atoms with Gasteiger partial charge in [-0.15, -0.1) is 0 Å². The molecule has 27 heavy (non-hydrogen) atoms. The highest BCUT2D eigenvalue weighted by molar-refractivity contribution is 5.75. The van der Waals surface area contributed by atoms with Crippen LogP contribution in [0.5, 0.6) is 0 Å². The van der Waals surface area contributed by atoms with Gasteiger partial charge in [-0.2, -0.15) is 13.2 Å². The van der Waals surface area contributed by atoms with Gasteiger partial charge in [0.1, 0.15) is 11.8 Å². The number of ether oxygens (including phenoxy) is 1. The van der Waals surface area contributed by atoms with E-state index in [4.69, 9.17) is 9.15 Å². The summed E-state index contributed by atoms with van der Waals surface area (Å²) in [6.07, 6.45) is -1.70. The Balaban J connectivity index is 1.79. The lowest BCUT2D eigenvalue weighted by molar-refractivity contribution is -0.148. The molecule has 146 valence electrons. The van der Waals surface area contributed by atoms with Gasteiger partial charge in [0.15, 0.2) is 0 Å². The van der Waals surface area contributed by atoms with E-state index in [9.17, 15) is 18.0 Å². The zero-order valence-electron chi connectivity index (χ0n) is 15.2. The molecule has 1 aromatic heterocycles. The van der Waals surface area contributed by atoms with Crippen LogP contribution in [0.2, 0.25) is 0 Å². The Morgan fingerprint density at radius 2 is 2.00 bits per heavy atom. The van der Waals surface area contributed by atoms with Crippen LogP contribution in [0.1, 0.15) is 36.3 Å². The summed E-state index contributed by atoms with van der Waals surface area (Å²) in [5, 5.41) is 0. The van der Waals surface area contributed by atoms with Crippen LogP contribution < -0.4 is 0 Å². The number of piperidine rings is 1. The zero-order chi connectivity index (χ0) is 19.6. The summed E-state index contributed by atoms with van der Waals surface area (Å²) < 4.78 is 48.6. The summed E-state index contributed by atoms with van der Waals surface area (Å²) >= 11 is 0. The van der Waals surface area contributed by atoms with E-state index in [0.29, 0.717) is 23.6 Å². The molecule has 1 atom stereocenters. The van der Waals surface area contributed by atoms with Gasteiger partial charge in [-0.1, -0.05) is 6.42 Å². The molecule has 8 heteroatoms. The predicted molar refractivity (Wildman–Crippen MR) is 91.7 cm³/mol. The normalized spacial score (nSPS) is 18.5. The number of carbonyl (C=O) groups excluding carboxylic acids is 1. The molecule has 0 aliphatic carbocycles. The Bertz CT molecular complexity index is 800. The van der Waals surface area contributed by atoms with Crippen LogP contribution in [0.3, 0.4) is 0 Å². The van der Waals surface area contributed by atoms with Gasteiger partial charge in [0.25, 0.3) is 0 Å². The Kier molecular flexibility index (Phi) is 5.55. The van der Waals surface area contributed by atoms with Crippen LogP contribution in [0.15, 0.2) is 28.7 Å². The summed E-state index contributed by atoms with van der Waals surface area (Å²) in [6, 6.07) is 4.39. The average Bonchev–Trinajstić information content (AvgIpc) is 3.01. The van der Waals surface area contributed by atoms with Crippen LogP contribution in [0.4, 0.5) is 13.2 Å². The van der Waals surface area contributed by atoms with Crippen molar-refractivity contribution >= 4 is 5.97 Å². The standard InChI is InChI=1S/C19H21F3N2O3/c1-12-15(11-24-10-4-3-5-16(24)18(25)26-2)23-17(27-12)13-6-8-14(9-7-13)19(20,21)22/h6-9,16H,3-5,10-11H2,1-2H3/t16-/m1/s1. The summed E-state index contributed by atoms with van der Waals surface area (Å²) in [5.41, 5.74) is 0.421. The highest BCUT2D eigenvalue weighted by atomic mass is 19.4. The van der Waals surface area contributed by atoms with Crippen LogP contribution in [-0.4, -0.2) is 35.5 Å². The van der Waals surface area contributed by atoms with Gasteiger partial charge >= 0.3 is 12.1 Å². The van der Waals surface area contributed by atoms with Crippen molar-refractivity contribution in [2.45, 2.75) is 44.9 Å². The number of oxazole rings is 1. The Hall–Kier alpha value is -2.35. The van der Waals surface area contributed by atoms with Crippen molar-refractivity contribution in [1.82, 2.24) is 9.88 Å². The lowest BCUT2D eigenvalue weighted by Crippen LogP contribution is -2.44. The second-order valence-electron chi connectivity index (χ2n) is 6.60. The van der Waals surface area contributed by atoms with Gasteiger partial charge in [-0.3, -0.25) is 9.69 Å². The minimum Gasteiger partial charge on any atom is -0.468 e. The van der Waals surface area contributed by atoms with Crippen molar-refractivity contribution in [2.75, 3.05) is 13.7 Å². The number of methoxy groups -OCH3 is 1. The molecule has 1 fully saturated rings. The third-order valence-electron chi connectivity index (χ3n) is 4.79. The molecular formula is C19H21F3N2O3. The number of nitrogens with zero attached hydrogens (tertiary/aromatic N) is 2. The predicted octanol–water partition coefficient (Wildman–Crippen LogP) is 4.20. The van der Waals surface area contributed by atoms with Gasteiger partial charge in [-0.25, -0.2) is 4.98 Å². The molecule has 0 amide bonds. The molecule has 5 nitrogen and oxygen atoms in total. The molecule has 2 heterocycles. The second kappa shape index (κ2) is 7.72. The molecule has 0 unspecified atom stereocenters. The summed E-state index contributed by atoms with van der Waals surface area (Å²) in [4.78, 5) is 18.4. The average molecular weight is 382 g/mol. The number of hydrogen-bond acceptors (Lipinski definition) is 5. The highest BCUT2D eigenvalue weighted by Crippen LogP contribution is 2.31. The van der Waals surface area contributed by atoms with Crippen molar-refractivity contribution < 1.29 is 27.1 Å². The number of rotatable bonds is 4. The number of benzene rings is 1. The number of carbonyl (C=O) groups is 1. The van der Waals surface area contributed by atoms with Crippen molar-refractivity contribution in [3.8, 4) is 11.5 Å². The minimum absolute atomic E-state index is 0.265. The molecule has 1 aromatic carbocycles. The lowest BCUT2D eigenvalue weighted by Gasteiger charge is -2.33. The van der Waals surface area contributed by atoms with Crippen molar-refractivity contribution in [3.63, 3.8) is 0 Å². The first-order valence-corrected chi connectivity index (χ1v) is 8.75. The Morgan fingerprint density at radius 3 is 2.63 bits per heavy atom.